The molecule has 4 nitrogen and oxygen atoms in total. The minimum absolute atomic E-state index is 0.0523. The average Bonchev–Trinajstić information content (AvgIpc) is 2.32. The van der Waals surface area contributed by atoms with Crippen LogP contribution in [0.1, 0.15) is 6.92 Å². The SMILES string of the molecule is CCOc1nc(Cl)nc(Sc2ccc(F)cc2F)n1. The van der Waals surface area contributed by atoms with Crippen LogP contribution in [0, 0.1) is 11.6 Å². The van der Waals surface area contributed by atoms with Crippen LogP contribution in [0.3, 0.4) is 0 Å². The molecule has 1 heterocycles. The Hall–Kier alpha value is -1.47. The van der Waals surface area contributed by atoms with Crippen LogP contribution >= 0.6 is 23.4 Å². The van der Waals surface area contributed by atoms with Gasteiger partial charge in [0.15, 0.2) is 5.16 Å². The smallest absolute Gasteiger partial charge is 0.321 e. The Morgan fingerprint density at radius 3 is 2.74 bits per heavy atom. The highest BCUT2D eigenvalue weighted by atomic mass is 35.5. The summed E-state index contributed by atoms with van der Waals surface area (Å²) in [6, 6.07) is 3.30. The van der Waals surface area contributed by atoms with E-state index >= 15 is 0 Å². The molecule has 0 N–H and O–H groups in total. The van der Waals surface area contributed by atoms with Crippen molar-refractivity contribution in [1.29, 1.82) is 0 Å². The number of halogens is 3. The molecule has 0 bridgehead atoms. The van der Waals surface area contributed by atoms with Gasteiger partial charge in [0.05, 0.1) is 11.5 Å². The normalized spacial score (nSPS) is 10.5. The Morgan fingerprint density at radius 1 is 1.26 bits per heavy atom. The summed E-state index contributed by atoms with van der Waals surface area (Å²) in [7, 11) is 0. The second kappa shape index (κ2) is 6.12. The minimum Gasteiger partial charge on any atom is -0.464 e. The van der Waals surface area contributed by atoms with Crippen LogP contribution in [-0.4, -0.2) is 21.6 Å². The lowest BCUT2D eigenvalue weighted by molar-refractivity contribution is 0.307. The molecule has 8 heteroatoms. The third-order valence-corrected chi connectivity index (χ3v) is 3.02. The molecule has 1 aromatic heterocycles. The van der Waals surface area contributed by atoms with E-state index in [9.17, 15) is 8.78 Å². The lowest BCUT2D eigenvalue weighted by Gasteiger charge is -2.04. The van der Waals surface area contributed by atoms with E-state index in [2.05, 4.69) is 15.0 Å². The Labute approximate surface area is 117 Å². The van der Waals surface area contributed by atoms with Crippen LogP contribution in [0.5, 0.6) is 6.01 Å². The summed E-state index contributed by atoms with van der Waals surface area (Å²) in [5.41, 5.74) is 0. The summed E-state index contributed by atoms with van der Waals surface area (Å²) in [5.74, 6) is -1.34. The second-order valence-electron chi connectivity index (χ2n) is 3.28. The lowest BCUT2D eigenvalue weighted by atomic mass is 10.3. The van der Waals surface area contributed by atoms with E-state index in [-0.39, 0.29) is 21.3 Å². The first kappa shape index (κ1) is 14.0. The molecule has 2 aromatic rings. The molecule has 0 aliphatic heterocycles. The second-order valence-corrected chi connectivity index (χ2v) is 4.63. The van der Waals surface area contributed by atoms with Gasteiger partial charge in [0.25, 0.3) is 0 Å². The standard InChI is InChI=1S/C11H8ClF2N3OS/c1-2-18-10-15-9(12)16-11(17-10)19-8-4-3-6(13)5-7(8)14/h3-5H,2H2,1H3. The largest absolute Gasteiger partial charge is 0.464 e. The van der Waals surface area contributed by atoms with Gasteiger partial charge in [-0.3, -0.25) is 0 Å². The summed E-state index contributed by atoms with van der Waals surface area (Å²) in [6.45, 7) is 2.14. The zero-order valence-corrected chi connectivity index (χ0v) is 11.3. The zero-order valence-electron chi connectivity index (χ0n) is 9.73. The van der Waals surface area contributed by atoms with Crippen LogP contribution in [0.15, 0.2) is 28.3 Å². The van der Waals surface area contributed by atoms with Crippen LogP contribution in [-0.2, 0) is 0 Å². The van der Waals surface area contributed by atoms with Crippen molar-refractivity contribution in [1.82, 2.24) is 15.0 Å². The Morgan fingerprint density at radius 2 is 2.05 bits per heavy atom. The fourth-order valence-electron chi connectivity index (χ4n) is 1.21. The van der Waals surface area contributed by atoms with E-state index in [0.29, 0.717) is 6.61 Å². The van der Waals surface area contributed by atoms with Crippen LogP contribution in [0.2, 0.25) is 5.28 Å². The van der Waals surface area contributed by atoms with Gasteiger partial charge in [0.2, 0.25) is 5.28 Å². The summed E-state index contributed by atoms with van der Waals surface area (Å²) < 4.78 is 31.4. The molecule has 0 saturated carbocycles. The molecule has 0 aliphatic carbocycles. The number of hydrogen-bond donors (Lipinski definition) is 0. The summed E-state index contributed by atoms with van der Waals surface area (Å²) in [4.78, 5) is 11.7. The van der Waals surface area contributed by atoms with Gasteiger partial charge in [-0.1, -0.05) is 0 Å². The fourth-order valence-corrected chi connectivity index (χ4v) is 2.16. The van der Waals surface area contributed by atoms with Gasteiger partial charge in [-0.2, -0.15) is 15.0 Å². The van der Waals surface area contributed by atoms with E-state index in [4.69, 9.17) is 16.3 Å². The molecular formula is C11H8ClF2N3OS. The van der Waals surface area contributed by atoms with Gasteiger partial charge in [0, 0.05) is 6.07 Å². The highest BCUT2D eigenvalue weighted by molar-refractivity contribution is 7.99. The van der Waals surface area contributed by atoms with Gasteiger partial charge in [-0.25, -0.2) is 8.78 Å². The first-order chi connectivity index (χ1) is 9.08. The highest BCUT2D eigenvalue weighted by Crippen LogP contribution is 2.28. The monoisotopic (exact) mass is 303 g/mol. The third-order valence-electron chi connectivity index (χ3n) is 1.94. The van der Waals surface area contributed by atoms with Crippen molar-refractivity contribution < 1.29 is 13.5 Å². The summed E-state index contributed by atoms with van der Waals surface area (Å²) >= 11 is 6.62. The quantitative estimate of drug-likeness (QED) is 0.867. The van der Waals surface area contributed by atoms with E-state index in [1.807, 2.05) is 0 Å². The number of ether oxygens (including phenoxy) is 1. The maximum Gasteiger partial charge on any atom is 0.321 e. The summed E-state index contributed by atoms with van der Waals surface area (Å²) in [6.07, 6.45) is 0. The molecular weight excluding hydrogens is 296 g/mol. The molecule has 0 radical (unpaired) electrons. The van der Waals surface area contributed by atoms with Crippen LogP contribution in [0.25, 0.3) is 0 Å². The van der Waals surface area contributed by atoms with Crippen molar-refractivity contribution >= 4 is 23.4 Å². The maximum atomic E-state index is 13.5. The van der Waals surface area contributed by atoms with Crippen molar-refractivity contribution in [2.45, 2.75) is 17.0 Å². The number of rotatable bonds is 4. The van der Waals surface area contributed by atoms with E-state index in [1.165, 1.54) is 6.07 Å². The molecule has 1 aromatic carbocycles. The number of benzene rings is 1. The highest BCUT2D eigenvalue weighted by Gasteiger charge is 2.11. The number of nitrogens with zero attached hydrogens (tertiary/aromatic N) is 3. The average molecular weight is 304 g/mol. The Kier molecular flexibility index (Phi) is 4.49. The molecule has 0 atom stereocenters. The van der Waals surface area contributed by atoms with Crippen molar-refractivity contribution in [3.05, 3.63) is 35.1 Å². The lowest BCUT2D eigenvalue weighted by Crippen LogP contribution is -2.00. The number of hydrogen-bond acceptors (Lipinski definition) is 5. The van der Waals surface area contributed by atoms with Crippen molar-refractivity contribution in [2.75, 3.05) is 6.61 Å². The van der Waals surface area contributed by atoms with Gasteiger partial charge >= 0.3 is 6.01 Å². The predicted molar refractivity (Wildman–Crippen MR) is 66.5 cm³/mol. The predicted octanol–water partition coefficient (Wildman–Crippen LogP) is 3.35. The maximum absolute atomic E-state index is 13.5. The third kappa shape index (κ3) is 3.74. The van der Waals surface area contributed by atoms with Crippen molar-refractivity contribution in [2.24, 2.45) is 0 Å². The Bertz CT molecular complexity index is 600. The molecule has 2 rings (SSSR count). The van der Waals surface area contributed by atoms with E-state index in [1.54, 1.807) is 6.92 Å². The van der Waals surface area contributed by atoms with Gasteiger partial charge < -0.3 is 4.74 Å². The van der Waals surface area contributed by atoms with Crippen LogP contribution < -0.4 is 4.74 Å². The fraction of sp³-hybridized carbons (Fsp3) is 0.182. The van der Waals surface area contributed by atoms with Gasteiger partial charge in [-0.15, -0.1) is 0 Å². The van der Waals surface area contributed by atoms with Gasteiger partial charge in [0.1, 0.15) is 11.6 Å². The molecule has 0 spiro atoms. The first-order valence-electron chi connectivity index (χ1n) is 5.25. The summed E-state index contributed by atoms with van der Waals surface area (Å²) in [5, 5.41) is 0.123. The van der Waals surface area contributed by atoms with Crippen molar-refractivity contribution in [3.8, 4) is 6.01 Å². The minimum atomic E-state index is -0.695. The first-order valence-corrected chi connectivity index (χ1v) is 6.45. The zero-order chi connectivity index (χ0) is 13.8. The van der Waals surface area contributed by atoms with Crippen molar-refractivity contribution in [3.63, 3.8) is 0 Å². The molecule has 0 saturated heterocycles. The molecule has 0 amide bonds. The van der Waals surface area contributed by atoms with E-state index in [0.717, 1.165) is 23.9 Å². The van der Waals surface area contributed by atoms with Crippen LogP contribution in [0.4, 0.5) is 8.78 Å². The molecule has 19 heavy (non-hydrogen) atoms. The molecule has 0 unspecified atom stereocenters. The topological polar surface area (TPSA) is 47.9 Å². The molecule has 0 aliphatic rings. The number of aromatic nitrogens is 3. The van der Waals surface area contributed by atoms with Gasteiger partial charge in [-0.05, 0) is 42.4 Å². The molecule has 100 valence electrons. The van der Waals surface area contributed by atoms with E-state index < -0.39 is 11.6 Å². The Balaban J connectivity index is 2.27. The molecule has 0 fully saturated rings.